The van der Waals surface area contributed by atoms with Crippen LogP contribution in [0.3, 0.4) is 0 Å². The molecule has 0 unspecified atom stereocenters. The van der Waals surface area contributed by atoms with Crippen molar-refractivity contribution in [3.8, 4) is 0 Å². The van der Waals surface area contributed by atoms with Gasteiger partial charge >= 0.3 is 5.97 Å². The standard InChI is InChI=1S/C10H12NO4S2/c1-10(9(12)13,11-17(14)15-16-2)8-6-4-3-5-7-8/h3-7H,1-2H3,(H,12,13)/q-1/t10-/m0/s1. The van der Waals surface area contributed by atoms with E-state index in [9.17, 15) is 14.1 Å². The van der Waals surface area contributed by atoms with Crippen LogP contribution >= 0.6 is 12.0 Å². The zero-order valence-corrected chi connectivity index (χ0v) is 11.0. The van der Waals surface area contributed by atoms with E-state index >= 15 is 0 Å². The second-order valence-corrected chi connectivity index (χ2v) is 4.78. The number of carboxylic acids is 1. The molecule has 1 aromatic rings. The van der Waals surface area contributed by atoms with Crippen molar-refractivity contribution in [3.05, 3.63) is 35.9 Å². The summed E-state index contributed by atoms with van der Waals surface area (Å²) in [7, 11) is -2.00. The molecule has 0 aliphatic carbocycles. The van der Waals surface area contributed by atoms with Crippen molar-refractivity contribution in [2.75, 3.05) is 6.26 Å². The van der Waals surface area contributed by atoms with Crippen molar-refractivity contribution in [2.45, 2.75) is 12.5 Å². The van der Waals surface area contributed by atoms with Crippen LogP contribution in [0.2, 0.25) is 0 Å². The Bertz CT molecular complexity index is 470. The third-order valence-electron chi connectivity index (χ3n) is 2.14. The molecule has 1 aromatic carbocycles. The van der Waals surface area contributed by atoms with E-state index in [2.05, 4.69) is 7.99 Å². The maximum atomic E-state index is 11.4. The number of hydrogen-bond donors (Lipinski definition) is 1. The summed E-state index contributed by atoms with van der Waals surface area (Å²) in [4.78, 5) is 11.3. The molecule has 0 bridgehead atoms. The number of carbonyl (C=O) groups is 1. The molecule has 0 aliphatic rings. The fourth-order valence-electron chi connectivity index (χ4n) is 1.20. The van der Waals surface area contributed by atoms with Gasteiger partial charge in [0.25, 0.3) is 0 Å². The van der Waals surface area contributed by atoms with Crippen LogP contribution in [0.4, 0.5) is 0 Å². The van der Waals surface area contributed by atoms with Gasteiger partial charge in [-0.15, -0.1) is 0 Å². The lowest BCUT2D eigenvalue weighted by atomic mass is 9.94. The first kappa shape index (κ1) is 14.0. The van der Waals surface area contributed by atoms with Crippen LogP contribution in [0.25, 0.3) is 0 Å². The average Bonchev–Trinajstić information content (AvgIpc) is 2.30. The van der Waals surface area contributed by atoms with Gasteiger partial charge in [-0.3, -0.25) is 0 Å². The molecule has 0 amide bonds. The molecule has 0 saturated heterocycles. The van der Waals surface area contributed by atoms with Crippen molar-refractivity contribution < 1.29 is 17.7 Å². The van der Waals surface area contributed by atoms with Gasteiger partial charge in [0, 0.05) is 6.26 Å². The second-order valence-electron chi connectivity index (χ2n) is 3.29. The molecule has 94 valence electrons. The Morgan fingerprint density at radius 3 is 2.53 bits per heavy atom. The molecular weight excluding hydrogens is 262 g/mol. The molecule has 0 radical (unpaired) electrons. The first-order chi connectivity index (χ1) is 8.00. The van der Waals surface area contributed by atoms with Gasteiger partial charge in [0.05, 0.1) is 0 Å². The number of nitrogens with zero attached hydrogens (tertiary/aromatic N) is 1. The van der Waals surface area contributed by atoms with Crippen LogP contribution < -0.4 is 0 Å². The van der Waals surface area contributed by atoms with Gasteiger partial charge in [-0.05, 0) is 24.5 Å². The summed E-state index contributed by atoms with van der Waals surface area (Å²) < 4.78 is 19.7. The van der Waals surface area contributed by atoms with Gasteiger partial charge in [0.2, 0.25) is 0 Å². The minimum Gasteiger partial charge on any atom is -0.479 e. The molecule has 0 spiro atoms. The highest BCUT2D eigenvalue weighted by molar-refractivity contribution is 7.99. The topological polar surface area (TPSA) is 76.0 Å². The number of aliphatic carboxylic acids is 1. The smallest absolute Gasteiger partial charge is 0.333 e. The molecule has 7 heteroatoms. The Morgan fingerprint density at radius 2 is 2.06 bits per heavy atom. The molecule has 17 heavy (non-hydrogen) atoms. The van der Waals surface area contributed by atoms with Crippen molar-refractivity contribution in [1.82, 2.24) is 0 Å². The van der Waals surface area contributed by atoms with Crippen molar-refractivity contribution >= 4 is 28.9 Å². The number of rotatable bonds is 5. The lowest BCUT2D eigenvalue weighted by Crippen LogP contribution is -2.30. The fraction of sp³-hybridized carbons (Fsp3) is 0.300. The monoisotopic (exact) mass is 274 g/mol. The highest BCUT2D eigenvalue weighted by atomic mass is 32.2. The lowest BCUT2D eigenvalue weighted by molar-refractivity contribution is -0.142. The van der Waals surface area contributed by atoms with Crippen LogP contribution in [0.1, 0.15) is 12.5 Å². The molecule has 1 rings (SSSR count). The van der Waals surface area contributed by atoms with E-state index < -0.39 is 22.4 Å². The zero-order valence-electron chi connectivity index (χ0n) is 9.32. The minimum absolute atomic E-state index is 0.450. The SMILES string of the molecule is CSO[S-](=O)=N[C@](C)(C(=O)O)c1ccccc1. The predicted octanol–water partition coefficient (Wildman–Crippen LogP) is 2.34. The molecule has 1 N–H and O–H groups in total. The molecular formula is C10H12NO4S2-. The van der Waals surface area contributed by atoms with E-state index in [4.69, 9.17) is 0 Å². The van der Waals surface area contributed by atoms with E-state index in [1.807, 2.05) is 0 Å². The average molecular weight is 274 g/mol. The third kappa shape index (κ3) is 3.45. The largest absolute Gasteiger partial charge is 0.479 e. The number of hydrogen-bond acceptors (Lipinski definition) is 6. The van der Waals surface area contributed by atoms with Crippen molar-refractivity contribution in [1.29, 1.82) is 0 Å². The first-order valence-corrected chi connectivity index (χ1v) is 6.83. The maximum absolute atomic E-state index is 11.4. The van der Waals surface area contributed by atoms with Crippen LogP contribution in [-0.4, -0.2) is 17.3 Å². The molecule has 0 heterocycles. The molecule has 1 atom stereocenters. The van der Waals surface area contributed by atoms with Crippen LogP contribution in [-0.2, 0) is 29.0 Å². The summed E-state index contributed by atoms with van der Waals surface area (Å²) in [5.41, 5.74) is -1.13. The highest BCUT2D eigenvalue weighted by Gasteiger charge is 2.32. The van der Waals surface area contributed by atoms with Crippen LogP contribution in [0, 0.1) is 0 Å². The summed E-state index contributed by atoms with van der Waals surface area (Å²) in [5, 5.41) is 9.21. The van der Waals surface area contributed by atoms with Crippen LogP contribution in [0.15, 0.2) is 34.7 Å². The van der Waals surface area contributed by atoms with Crippen LogP contribution in [0.5, 0.6) is 0 Å². The van der Waals surface area contributed by atoms with E-state index in [1.165, 1.54) is 6.92 Å². The van der Waals surface area contributed by atoms with E-state index in [0.717, 1.165) is 12.0 Å². The van der Waals surface area contributed by atoms with E-state index in [-0.39, 0.29) is 0 Å². The summed E-state index contributed by atoms with van der Waals surface area (Å²) in [5.74, 6) is -1.18. The summed E-state index contributed by atoms with van der Waals surface area (Å²) in [6.45, 7) is 1.38. The highest BCUT2D eigenvalue weighted by Crippen LogP contribution is 2.26. The molecule has 0 aromatic heterocycles. The van der Waals surface area contributed by atoms with Crippen molar-refractivity contribution in [2.24, 2.45) is 4.36 Å². The second kappa shape index (κ2) is 6.04. The third-order valence-corrected chi connectivity index (χ3v) is 3.66. The van der Waals surface area contributed by atoms with E-state index in [1.54, 1.807) is 36.6 Å². The van der Waals surface area contributed by atoms with Gasteiger partial charge in [-0.25, -0.2) is 4.79 Å². The lowest BCUT2D eigenvalue weighted by Gasteiger charge is -2.24. The molecule has 0 saturated carbocycles. The Hall–Kier alpha value is -1.05. The Balaban J connectivity index is 3.21. The van der Waals surface area contributed by atoms with Gasteiger partial charge in [0.15, 0.2) is 5.54 Å². The van der Waals surface area contributed by atoms with Crippen molar-refractivity contribution in [3.63, 3.8) is 0 Å². The molecule has 0 aliphatic heterocycles. The van der Waals surface area contributed by atoms with Gasteiger partial charge < -0.3 is 17.3 Å². The quantitative estimate of drug-likeness (QED) is 0.659. The Morgan fingerprint density at radius 1 is 1.47 bits per heavy atom. The maximum Gasteiger partial charge on any atom is 0.333 e. The normalized spacial score (nSPS) is 16.4. The predicted molar refractivity (Wildman–Crippen MR) is 66.5 cm³/mol. The van der Waals surface area contributed by atoms with Gasteiger partial charge in [-0.1, -0.05) is 41.2 Å². The molecule has 0 fully saturated rings. The Labute approximate surface area is 106 Å². The zero-order chi connectivity index (χ0) is 12.9. The summed E-state index contributed by atoms with van der Waals surface area (Å²) >= 11 is 0.870. The summed E-state index contributed by atoms with van der Waals surface area (Å²) in [6.07, 6.45) is 1.58. The van der Waals surface area contributed by atoms with Gasteiger partial charge in [-0.2, -0.15) is 0 Å². The Kier molecular flexibility index (Phi) is 4.98. The van der Waals surface area contributed by atoms with Gasteiger partial charge in [0.1, 0.15) is 0 Å². The minimum atomic E-state index is -2.00. The number of benzene rings is 1. The number of carboxylic acid groups (broad SMARTS) is 1. The van der Waals surface area contributed by atoms with E-state index in [0.29, 0.717) is 5.56 Å². The first-order valence-electron chi connectivity index (χ1n) is 4.65. The fourth-order valence-corrected chi connectivity index (χ4v) is 2.27. The summed E-state index contributed by atoms with van der Waals surface area (Å²) in [6, 6.07) is 8.40. The molecule has 5 nitrogen and oxygen atoms in total.